The highest BCUT2D eigenvalue weighted by molar-refractivity contribution is 5.97. The molecule has 0 heterocycles. The Labute approximate surface area is 125 Å². The van der Waals surface area contributed by atoms with Gasteiger partial charge in [0.1, 0.15) is 0 Å². The van der Waals surface area contributed by atoms with Gasteiger partial charge in [-0.3, -0.25) is 4.79 Å². The van der Waals surface area contributed by atoms with Crippen molar-refractivity contribution in [3.05, 3.63) is 35.4 Å². The minimum absolute atomic E-state index is 0.0735. The van der Waals surface area contributed by atoms with E-state index in [9.17, 15) is 4.79 Å². The quantitative estimate of drug-likeness (QED) is 0.325. The van der Waals surface area contributed by atoms with Crippen LogP contribution in [0.15, 0.2) is 29.4 Å². The summed E-state index contributed by atoms with van der Waals surface area (Å²) in [6.07, 6.45) is 6.77. The highest BCUT2D eigenvalue weighted by Crippen LogP contribution is 2.28. The third kappa shape index (κ3) is 4.77. The van der Waals surface area contributed by atoms with E-state index >= 15 is 0 Å². The second-order valence-corrected chi connectivity index (χ2v) is 5.65. The van der Waals surface area contributed by atoms with Crippen molar-refractivity contribution in [2.45, 2.75) is 45.1 Å². The third-order valence-electron chi connectivity index (χ3n) is 4.07. The number of hydrogen-bond donors (Lipinski definition) is 3. The average molecular weight is 289 g/mol. The van der Waals surface area contributed by atoms with Crippen LogP contribution in [0.25, 0.3) is 0 Å². The highest BCUT2D eigenvalue weighted by Gasteiger charge is 2.15. The number of rotatable bonds is 6. The second kappa shape index (κ2) is 7.67. The van der Waals surface area contributed by atoms with Gasteiger partial charge in [0, 0.05) is 18.5 Å². The number of hydrogen-bond acceptors (Lipinski definition) is 3. The van der Waals surface area contributed by atoms with Crippen LogP contribution < -0.4 is 11.1 Å². The Kier molecular flexibility index (Phi) is 5.60. The molecule has 1 aromatic carbocycles. The van der Waals surface area contributed by atoms with E-state index in [1.165, 1.54) is 25.7 Å². The van der Waals surface area contributed by atoms with Crippen LogP contribution in [0.5, 0.6) is 0 Å². The maximum absolute atomic E-state index is 11.8. The zero-order chi connectivity index (χ0) is 15.1. The van der Waals surface area contributed by atoms with Crippen LogP contribution in [0.2, 0.25) is 0 Å². The Morgan fingerprint density at radius 3 is 2.86 bits per heavy atom. The fourth-order valence-corrected chi connectivity index (χ4v) is 2.82. The Morgan fingerprint density at radius 1 is 1.38 bits per heavy atom. The topological polar surface area (TPSA) is 87.7 Å². The normalized spacial score (nSPS) is 16.1. The summed E-state index contributed by atoms with van der Waals surface area (Å²) < 4.78 is 0. The lowest BCUT2D eigenvalue weighted by atomic mass is 10.0. The predicted molar refractivity (Wildman–Crippen MR) is 82.0 cm³/mol. The molecule has 0 bridgehead atoms. The summed E-state index contributed by atoms with van der Waals surface area (Å²) in [7, 11) is 0. The number of nitrogens with one attached hydrogen (secondary N) is 1. The molecular formula is C16H23N3O2. The Morgan fingerprint density at radius 2 is 2.14 bits per heavy atom. The first-order valence-electron chi connectivity index (χ1n) is 7.52. The van der Waals surface area contributed by atoms with Gasteiger partial charge in [0.05, 0.1) is 0 Å². The molecule has 114 valence electrons. The molecule has 1 aliphatic carbocycles. The van der Waals surface area contributed by atoms with Gasteiger partial charge in [-0.15, -0.1) is 0 Å². The second-order valence-electron chi connectivity index (χ2n) is 5.65. The van der Waals surface area contributed by atoms with Gasteiger partial charge in [-0.05, 0) is 24.0 Å². The number of benzene rings is 1. The standard InChI is InChI=1S/C16H23N3O2/c17-16(19-21)14-7-3-6-13(10-14)11-18-15(20)9-8-12-4-1-2-5-12/h3,6-7,10,12,21H,1-2,4-5,8-9,11H2,(H2,17,19)(H,18,20). The third-order valence-corrected chi connectivity index (χ3v) is 4.07. The monoisotopic (exact) mass is 289 g/mol. The van der Waals surface area contributed by atoms with Gasteiger partial charge in [-0.2, -0.15) is 0 Å². The molecule has 1 aromatic rings. The number of amidine groups is 1. The average Bonchev–Trinajstić information content (AvgIpc) is 3.04. The molecule has 0 spiro atoms. The van der Waals surface area contributed by atoms with E-state index in [1.54, 1.807) is 6.07 Å². The molecule has 2 rings (SSSR count). The van der Waals surface area contributed by atoms with Crippen LogP contribution in [-0.4, -0.2) is 17.0 Å². The van der Waals surface area contributed by atoms with E-state index in [1.807, 2.05) is 18.2 Å². The van der Waals surface area contributed by atoms with Gasteiger partial charge in [0.25, 0.3) is 0 Å². The zero-order valence-electron chi connectivity index (χ0n) is 12.2. The molecule has 0 radical (unpaired) electrons. The lowest BCUT2D eigenvalue weighted by molar-refractivity contribution is -0.121. The maximum atomic E-state index is 11.8. The molecule has 21 heavy (non-hydrogen) atoms. The van der Waals surface area contributed by atoms with Crippen molar-refractivity contribution in [2.75, 3.05) is 0 Å². The molecule has 0 aliphatic heterocycles. The van der Waals surface area contributed by atoms with Gasteiger partial charge >= 0.3 is 0 Å². The van der Waals surface area contributed by atoms with Gasteiger partial charge in [-0.1, -0.05) is 49.0 Å². The number of carbonyl (C=O) groups excluding carboxylic acids is 1. The fourth-order valence-electron chi connectivity index (χ4n) is 2.82. The van der Waals surface area contributed by atoms with E-state index < -0.39 is 0 Å². The Hall–Kier alpha value is -2.04. The minimum Gasteiger partial charge on any atom is -0.409 e. The smallest absolute Gasteiger partial charge is 0.220 e. The molecule has 5 heteroatoms. The molecule has 1 amide bonds. The maximum Gasteiger partial charge on any atom is 0.220 e. The summed E-state index contributed by atoms with van der Waals surface area (Å²) in [5, 5.41) is 14.6. The number of nitrogens with two attached hydrogens (primary N) is 1. The first-order chi connectivity index (χ1) is 10.2. The highest BCUT2D eigenvalue weighted by atomic mass is 16.4. The van der Waals surface area contributed by atoms with Crippen LogP contribution in [0, 0.1) is 5.92 Å². The molecule has 0 unspecified atom stereocenters. The van der Waals surface area contributed by atoms with Crippen molar-refractivity contribution in [1.29, 1.82) is 0 Å². The van der Waals surface area contributed by atoms with E-state index in [2.05, 4.69) is 10.5 Å². The van der Waals surface area contributed by atoms with E-state index in [-0.39, 0.29) is 11.7 Å². The van der Waals surface area contributed by atoms with Crippen LogP contribution in [-0.2, 0) is 11.3 Å². The van der Waals surface area contributed by atoms with Crippen molar-refractivity contribution >= 4 is 11.7 Å². The predicted octanol–water partition coefficient (Wildman–Crippen LogP) is 2.37. The molecule has 4 N–H and O–H groups in total. The molecular weight excluding hydrogens is 266 g/mol. The molecule has 5 nitrogen and oxygen atoms in total. The van der Waals surface area contributed by atoms with E-state index in [4.69, 9.17) is 10.9 Å². The molecule has 0 aromatic heterocycles. The largest absolute Gasteiger partial charge is 0.409 e. The molecule has 1 saturated carbocycles. The summed E-state index contributed by atoms with van der Waals surface area (Å²) >= 11 is 0. The van der Waals surface area contributed by atoms with Crippen LogP contribution in [0.4, 0.5) is 0 Å². The lowest BCUT2D eigenvalue weighted by Crippen LogP contribution is -2.23. The Balaban J connectivity index is 1.78. The van der Waals surface area contributed by atoms with Crippen LogP contribution >= 0.6 is 0 Å². The van der Waals surface area contributed by atoms with Gasteiger partial charge in [-0.25, -0.2) is 0 Å². The first kappa shape index (κ1) is 15.4. The molecule has 1 fully saturated rings. The van der Waals surface area contributed by atoms with Crippen molar-refractivity contribution in [3.8, 4) is 0 Å². The fraction of sp³-hybridized carbons (Fsp3) is 0.500. The van der Waals surface area contributed by atoms with Crippen molar-refractivity contribution < 1.29 is 10.0 Å². The molecule has 0 atom stereocenters. The SMILES string of the molecule is NC(=NO)c1cccc(CNC(=O)CCC2CCCC2)c1. The number of nitrogens with zero attached hydrogens (tertiary/aromatic N) is 1. The van der Waals surface area contributed by atoms with Gasteiger partial charge in [0.15, 0.2) is 5.84 Å². The van der Waals surface area contributed by atoms with Gasteiger partial charge in [0.2, 0.25) is 5.91 Å². The lowest BCUT2D eigenvalue weighted by Gasteiger charge is -2.09. The molecule has 1 aliphatic rings. The number of carbonyl (C=O) groups is 1. The van der Waals surface area contributed by atoms with Crippen LogP contribution in [0.1, 0.15) is 49.7 Å². The van der Waals surface area contributed by atoms with Crippen molar-refractivity contribution in [3.63, 3.8) is 0 Å². The van der Waals surface area contributed by atoms with Crippen LogP contribution in [0.3, 0.4) is 0 Å². The summed E-state index contributed by atoms with van der Waals surface area (Å²) in [5.41, 5.74) is 7.14. The van der Waals surface area contributed by atoms with E-state index in [0.717, 1.165) is 17.9 Å². The summed E-state index contributed by atoms with van der Waals surface area (Å²) in [4.78, 5) is 11.8. The molecule has 0 saturated heterocycles. The summed E-state index contributed by atoms with van der Waals surface area (Å²) in [6.45, 7) is 0.468. The zero-order valence-corrected chi connectivity index (χ0v) is 12.2. The van der Waals surface area contributed by atoms with Crippen molar-refractivity contribution in [2.24, 2.45) is 16.8 Å². The minimum atomic E-state index is 0.0735. The summed E-state index contributed by atoms with van der Waals surface area (Å²) in [6, 6.07) is 7.31. The van der Waals surface area contributed by atoms with Crippen molar-refractivity contribution in [1.82, 2.24) is 5.32 Å². The number of oxime groups is 1. The van der Waals surface area contributed by atoms with E-state index in [0.29, 0.717) is 18.5 Å². The Bertz CT molecular complexity index is 508. The first-order valence-corrected chi connectivity index (χ1v) is 7.52. The van der Waals surface area contributed by atoms with Gasteiger partial charge < -0.3 is 16.3 Å². The summed E-state index contributed by atoms with van der Waals surface area (Å²) in [5.74, 6) is 0.903. The number of amides is 1.